The highest BCUT2D eigenvalue weighted by Gasteiger charge is 2.22. The number of rotatable bonds is 8. The SMILES string of the molecule is CC(=O)Nc1cccc(OCc2ccc(-c3oc4ccccc4c3C(=O)NCC(C)C)cc2)c1. The van der Waals surface area contributed by atoms with Crippen molar-refractivity contribution in [1.82, 2.24) is 5.32 Å². The average Bonchev–Trinajstić information content (AvgIpc) is 3.21. The Morgan fingerprint density at radius 3 is 2.47 bits per heavy atom. The van der Waals surface area contributed by atoms with Crippen molar-refractivity contribution in [3.05, 3.63) is 83.9 Å². The molecule has 174 valence electrons. The Morgan fingerprint density at radius 2 is 1.74 bits per heavy atom. The quantitative estimate of drug-likeness (QED) is 0.340. The fourth-order valence-corrected chi connectivity index (χ4v) is 3.65. The van der Waals surface area contributed by atoms with Gasteiger partial charge in [0.15, 0.2) is 0 Å². The summed E-state index contributed by atoms with van der Waals surface area (Å²) in [5.41, 5.74) is 3.71. The predicted molar refractivity (Wildman–Crippen MR) is 134 cm³/mol. The zero-order valence-electron chi connectivity index (χ0n) is 19.6. The summed E-state index contributed by atoms with van der Waals surface area (Å²) in [5.74, 6) is 1.30. The van der Waals surface area contributed by atoms with Crippen LogP contribution in [0.2, 0.25) is 0 Å². The molecular weight excluding hydrogens is 428 g/mol. The number of nitrogens with one attached hydrogen (secondary N) is 2. The van der Waals surface area contributed by atoms with Crippen LogP contribution in [0.3, 0.4) is 0 Å². The van der Waals surface area contributed by atoms with Crippen molar-refractivity contribution in [1.29, 1.82) is 0 Å². The second-order valence-electron chi connectivity index (χ2n) is 8.60. The van der Waals surface area contributed by atoms with Crippen molar-refractivity contribution < 1.29 is 18.7 Å². The Kier molecular flexibility index (Phi) is 6.97. The van der Waals surface area contributed by atoms with Crippen molar-refractivity contribution in [2.75, 3.05) is 11.9 Å². The van der Waals surface area contributed by atoms with Crippen LogP contribution < -0.4 is 15.4 Å². The highest BCUT2D eigenvalue weighted by atomic mass is 16.5. The number of carbonyl (C=O) groups excluding carboxylic acids is 2. The van der Waals surface area contributed by atoms with Crippen LogP contribution in [0.5, 0.6) is 5.75 Å². The van der Waals surface area contributed by atoms with Gasteiger partial charge in [-0.3, -0.25) is 9.59 Å². The molecule has 0 radical (unpaired) electrons. The summed E-state index contributed by atoms with van der Waals surface area (Å²) in [4.78, 5) is 24.3. The van der Waals surface area contributed by atoms with Gasteiger partial charge in [0.25, 0.3) is 5.91 Å². The van der Waals surface area contributed by atoms with Crippen LogP contribution in [0, 0.1) is 5.92 Å². The molecule has 0 saturated carbocycles. The number of fused-ring (bicyclic) bond motifs is 1. The molecule has 1 heterocycles. The maximum Gasteiger partial charge on any atom is 0.255 e. The van der Waals surface area contributed by atoms with E-state index >= 15 is 0 Å². The zero-order valence-corrected chi connectivity index (χ0v) is 19.6. The van der Waals surface area contributed by atoms with Crippen molar-refractivity contribution in [3.63, 3.8) is 0 Å². The summed E-state index contributed by atoms with van der Waals surface area (Å²) >= 11 is 0. The highest BCUT2D eigenvalue weighted by molar-refractivity contribution is 6.11. The Morgan fingerprint density at radius 1 is 0.971 bits per heavy atom. The minimum absolute atomic E-state index is 0.129. The monoisotopic (exact) mass is 456 g/mol. The lowest BCUT2D eigenvalue weighted by Crippen LogP contribution is -2.27. The van der Waals surface area contributed by atoms with Crippen LogP contribution in [-0.2, 0) is 11.4 Å². The minimum atomic E-state index is -0.139. The van der Waals surface area contributed by atoms with Crippen LogP contribution in [-0.4, -0.2) is 18.4 Å². The molecule has 0 fully saturated rings. The van der Waals surface area contributed by atoms with Gasteiger partial charge in [-0.05, 0) is 29.7 Å². The molecule has 2 amide bonds. The van der Waals surface area contributed by atoms with Crippen LogP contribution in [0.1, 0.15) is 36.7 Å². The zero-order chi connectivity index (χ0) is 24.1. The Hall–Kier alpha value is -4.06. The lowest BCUT2D eigenvalue weighted by atomic mass is 10.0. The van der Waals surface area contributed by atoms with E-state index in [9.17, 15) is 9.59 Å². The molecule has 0 spiro atoms. The van der Waals surface area contributed by atoms with E-state index in [2.05, 4.69) is 24.5 Å². The number of carbonyl (C=O) groups is 2. The predicted octanol–water partition coefficient (Wildman–Crippen LogP) is 6.02. The first-order valence-corrected chi connectivity index (χ1v) is 11.3. The molecule has 0 unspecified atom stereocenters. The average molecular weight is 457 g/mol. The molecule has 1 aromatic heterocycles. The standard InChI is InChI=1S/C28H28N2O4/c1-18(2)16-29-28(32)26-24-9-4-5-10-25(24)34-27(26)21-13-11-20(12-14-21)17-33-23-8-6-7-22(15-23)30-19(3)31/h4-15,18H,16-17H2,1-3H3,(H,29,32)(H,30,31). The third kappa shape index (κ3) is 5.46. The van der Waals surface area contributed by atoms with Gasteiger partial charge >= 0.3 is 0 Å². The number of hydrogen-bond donors (Lipinski definition) is 2. The molecule has 2 N–H and O–H groups in total. The van der Waals surface area contributed by atoms with Gasteiger partial charge in [-0.1, -0.05) is 62.4 Å². The van der Waals surface area contributed by atoms with E-state index in [0.717, 1.165) is 16.5 Å². The number of furan rings is 1. The number of benzene rings is 3. The summed E-state index contributed by atoms with van der Waals surface area (Å²) in [6.45, 7) is 6.55. The van der Waals surface area contributed by atoms with Crippen LogP contribution in [0.15, 0.2) is 77.2 Å². The van der Waals surface area contributed by atoms with E-state index < -0.39 is 0 Å². The topological polar surface area (TPSA) is 80.6 Å². The summed E-state index contributed by atoms with van der Waals surface area (Å²) in [5, 5.41) is 6.55. The van der Waals surface area contributed by atoms with Gasteiger partial charge in [0.1, 0.15) is 23.7 Å². The summed E-state index contributed by atoms with van der Waals surface area (Å²) in [6, 6.07) is 22.6. The van der Waals surface area contributed by atoms with Crippen molar-refractivity contribution in [2.24, 2.45) is 5.92 Å². The van der Waals surface area contributed by atoms with Crippen LogP contribution in [0.4, 0.5) is 5.69 Å². The van der Waals surface area contributed by atoms with Crippen molar-refractivity contribution in [2.45, 2.75) is 27.4 Å². The van der Waals surface area contributed by atoms with Crippen molar-refractivity contribution >= 4 is 28.5 Å². The second kappa shape index (κ2) is 10.3. The Balaban J connectivity index is 1.54. The first-order chi connectivity index (χ1) is 16.4. The highest BCUT2D eigenvalue weighted by Crippen LogP contribution is 2.34. The summed E-state index contributed by atoms with van der Waals surface area (Å²) in [7, 11) is 0. The van der Waals surface area contributed by atoms with E-state index in [4.69, 9.17) is 9.15 Å². The van der Waals surface area contributed by atoms with E-state index in [1.54, 1.807) is 6.07 Å². The summed E-state index contributed by atoms with van der Waals surface area (Å²) < 4.78 is 12.0. The fraction of sp³-hybridized carbons (Fsp3) is 0.214. The normalized spacial score (nSPS) is 10.9. The van der Waals surface area contributed by atoms with Gasteiger partial charge in [-0.2, -0.15) is 0 Å². The smallest absolute Gasteiger partial charge is 0.255 e. The third-order valence-corrected chi connectivity index (χ3v) is 5.27. The molecule has 0 atom stereocenters. The molecule has 6 nitrogen and oxygen atoms in total. The third-order valence-electron chi connectivity index (χ3n) is 5.27. The molecule has 0 saturated heterocycles. The van der Waals surface area contributed by atoms with E-state index in [-0.39, 0.29) is 11.8 Å². The maximum atomic E-state index is 13.0. The number of amides is 2. The van der Waals surface area contributed by atoms with Gasteiger partial charge in [-0.25, -0.2) is 0 Å². The van der Waals surface area contributed by atoms with Gasteiger partial charge < -0.3 is 19.8 Å². The second-order valence-corrected chi connectivity index (χ2v) is 8.60. The Labute approximate surface area is 198 Å². The maximum absolute atomic E-state index is 13.0. The number of hydrogen-bond acceptors (Lipinski definition) is 4. The van der Waals surface area contributed by atoms with Gasteiger partial charge in [0.05, 0.1) is 5.56 Å². The van der Waals surface area contributed by atoms with E-state index in [1.807, 2.05) is 66.7 Å². The number of ether oxygens (including phenoxy) is 1. The van der Waals surface area contributed by atoms with Crippen LogP contribution >= 0.6 is 0 Å². The molecule has 4 rings (SSSR count). The largest absolute Gasteiger partial charge is 0.489 e. The van der Waals surface area contributed by atoms with Gasteiger partial charge in [-0.15, -0.1) is 0 Å². The van der Waals surface area contributed by atoms with Crippen molar-refractivity contribution in [3.8, 4) is 17.1 Å². The molecule has 6 heteroatoms. The van der Waals surface area contributed by atoms with Crippen LogP contribution in [0.25, 0.3) is 22.3 Å². The number of anilines is 1. The van der Waals surface area contributed by atoms with Gasteiger partial charge in [0, 0.05) is 36.2 Å². The molecule has 3 aromatic carbocycles. The molecule has 0 aliphatic heterocycles. The molecular formula is C28H28N2O4. The Bertz CT molecular complexity index is 1310. The lowest BCUT2D eigenvalue weighted by Gasteiger charge is -2.10. The number of para-hydroxylation sites is 1. The lowest BCUT2D eigenvalue weighted by molar-refractivity contribution is -0.114. The first-order valence-electron chi connectivity index (χ1n) is 11.3. The molecule has 4 aromatic rings. The van der Waals surface area contributed by atoms with E-state index in [1.165, 1.54) is 6.92 Å². The van der Waals surface area contributed by atoms with E-state index in [0.29, 0.717) is 47.4 Å². The first kappa shape index (κ1) is 23.1. The summed E-state index contributed by atoms with van der Waals surface area (Å²) in [6.07, 6.45) is 0. The molecule has 0 bridgehead atoms. The minimum Gasteiger partial charge on any atom is -0.489 e. The molecule has 0 aliphatic rings. The molecule has 0 aliphatic carbocycles. The molecule has 34 heavy (non-hydrogen) atoms. The van der Waals surface area contributed by atoms with Gasteiger partial charge in [0.2, 0.25) is 5.91 Å². The fourth-order valence-electron chi connectivity index (χ4n) is 3.65.